The van der Waals surface area contributed by atoms with E-state index in [1.165, 1.54) is 11.3 Å². The van der Waals surface area contributed by atoms with E-state index in [2.05, 4.69) is 40.1 Å². The zero-order valence-electron chi connectivity index (χ0n) is 14.1. The fraction of sp³-hybridized carbons (Fsp3) is 0.400. The zero-order valence-corrected chi connectivity index (χ0v) is 14.1. The van der Waals surface area contributed by atoms with E-state index < -0.39 is 0 Å². The Morgan fingerprint density at radius 2 is 1.71 bits per heavy atom. The number of para-hydroxylation sites is 3. The molecular weight excluding hydrogens is 300 g/mol. The molecule has 1 unspecified atom stereocenters. The molecule has 0 spiro atoms. The van der Waals surface area contributed by atoms with Gasteiger partial charge in [0.2, 0.25) is 0 Å². The second kappa shape index (κ2) is 6.73. The van der Waals surface area contributed by atoms with E-state index in [9.17, 15) is 0 Å². The number of hydrogen-bond donors (Lipinski definition) is 0. The Kier molecular flexibility index (Phi) is 4.30. The highest BCUT2D eigenvalue weighted by Gasteiger charge is 2.28. The van der Waals surface area contributed by atoms with Gasteiger partial charge in [-0.15, -0.1) is 0 Å². The molecular formula is C20H24N2O2. The van der Waals surface area contributed by atoms with Gasteiger partial charge in [-0.25, -0.2) is 0 Å². The summed E-state index contributed by atoms with van der Waals surface area (Å²) in [4.78, 5) is 4.99. The number of fused-ring (bicyclic) bond motifs is 1. The molecule has 0 aliphatic carbocycles. The van der Waals surface area contributed by atoms with Gasteiger partial charge >= 0.3 is 0 Å². The molecule has 126 valence electrons. The van der Waals surface area contributed by atoms with Crippen LogP contribution in [0.2, 0.25) is 0 Å². The molecule has 2 aromatic carbocycles. The van der Waals surface area contributed by atoms with E-state index >= 15 is 0 Å². The molecule has 1 fully saturated rings. The SMILES string of the molecule is COc1ccccc1N1CCN(C2COc3ccccc3C2)CC1. The molecule has 0 aromatic heterocycles. The average Bonchev–Trinajstić information content (AvgIpc) is 2.67. The summed E-state index contributed by atoms with van der Waals surface area (Å²) in [6, 6.07) is 17.2. The van der Waals surface area contributed by atoms with Gasteiger partial charge in [-0.05, 0) is 30.2 Å². The molecule has 1 saturated heterocycles. The summed E-state index contributed by atoms with van der Waals surface area (Å²) in [5, 5.41) is 0. The first-order chi connectivity index (χ1) is 11.8. The lowest BCUT2D eigenvalue weighted by atomic mass is 10.0. The molecule has 4 nitrogen and oxygen atoms in total. The highest BCUT2D eigenvalue weighted by Crippen LogP contribution is 2.30. The molecule has 2 aliphatic rings. The Bertz CT molecular complexity index is 696. The van der Waals surface area contributed by atoms with Crippen molar-refractivity contribution in [2.75, 3.05) is 44.8 Å². The van der Waals surface area contributed by atoms with Crippen LogP contribution in [0.3, 0.4) is 0 Å². The second-order valence-electron chi connectivity index (χ2n) is 6.47. The van der Waals surface area contributed by atoms with Gasteiger partial charge in [-0.1, -0.05) is 30.3 Å². The van der Waals surface area contributed by atoms with Gasteiger partial charge in [0.1, 0.15) is 18.1 Å². The van der Waals surface area contributed by atoms with Crippen molar-refractivity contribution < 1.29 is 9.47 Å². The van der Waals surface area contributed by atoms with Gasteiger partial charge in [-0.2, -0.15) is 0 Å². The minimum Gasteiger partial charge on any atom is -0.495 e. The molecule has 24 heavy (non-hydrogen) atoms. The maximum atomic E-state index is 5.96. The highest BCUT2D eigenvalue weighted by molar-refractivity contribution is 5.58. The Hall–Kier alpha value is -2.20. The molecule has 0 radical (unpaired) electrons. The summed E-state index contributed by atoms with van der Waals surface area (Å²) in [6.45, 7) is 4.98. The van der Waals surface area contributed by atoms with Gasteiger partial charge < -0.3 is 14.4 Å². The molecule has 0 saturated carbocycles. The van der Waals surface area contributed by atoms with Crippen LogP contribution in [-0.2, 0) is 6.42 Å². The molecule has 0 amide bonds. The lowest BCUT2D eigenvalue weighted by Gasteiger charge is -2.41. The van der Waals surface area contributed by atoms with E-state index in [1.54, 1.807) is 7.11 Å². The topological polar surface area (TPSA) is 24.9 Å². The van der Waals surface area contributed by atoms with Crippen molar-refractivity contribution in [1.82, 2.24) is 4.90 Å². The minimum absolute atomic E-state index is 0.486. The summed E-state index contributed by atoms with van der Waals surface area (Å²) in [5.74, 6) is 2.02. The van der Waals surface area contributed by atoms with Gasteiger partial charge in [0, 0.05) is 32.2 Å². The molecule has 2 aliphatic heterocycles. The van der Waals surface area contributed by atoms with Crippen LogP contribution >= 0.6 is 0 Å². The summed E-state index contributed by atoms with van der Waals surface area (Å²) >= 11 is 0. The number of anilines is 1. The monoisotopic (exact) mass is 324 g/mol. The van der Waals surface area contributed by atoms with Crippen LogP contribution < -0.4 is 14.4 Å². The van der Waals surface area contributed by atoms with Crippen LogP contribution in [-0.4, -0.2) is 50.8 Å². The van der Waals surface area contributed by atoms with Gasteiger partial charge in [0.05, 0.1) is 12.8 Å². The first-order valence-electron chi connectivity index (χ1n) is 8.68. The van der Waals surface area contributed by atoms with Gasteiger partial charge in [0.15, 0.2) is 0 Å². The second-order valence-corrected chi connectivity index (χ2v) is 6.47. The standard InChI is InChI=1S/C20H24N2O2/c1-23-20-9-5-3-7-18(20)22-12-10-21(11-13-22)17-14-16-6-2-4-8-19(16)24-15-17/h2-9,17H,10-15H2,1H3. The summed E-state index contributed by atoms with van der Waals surface area (Å²) in [5.41, 5.74) is 2.53. The van der Waals surface area contributed by atoms with Crippen molar-refractivity contribution in [3.63, 3.8) is 0 Å². The zero-order chi connectivity index (χ0) is 16.4. The summed E-state index contributed by atoms with van der Waals surface area (Å²) < 4.78 is 11.5. The number of hydrogen-bond acceptors (Lipinski definition) is 4. The fourth-order valence-electron chi connectivity index (χ4n) is 3.77. The maximum absolute atomic E-state index is 5.96. The number of benzene rings is 2. The molecule has 0 N–H and O–H groups in total. The van der Waals surface area contributed by atoms with Crippen LogP contribution in [0, 0.1) is 0 Å². The Labute approximate surface area is 143 Å². The number of piperazine rings is 1. The normalized spacial score (nSPS) is 21.0. The highest BCUT2D eigenvalue weighted by atomic mass is 16.5. The molecule has 2 aromatic rings. The van der Waals surface area contributed by atoms with E-state index in [1.807, 2.05) is 18.2 Å². The molecule has 4 rings (SSSR count). The van der Waals surface area contributed by atoms with Crippen LogP contribution in [0.15, 0.2) is 48.5 Å². The van der Waals surface area contributed by atoms with Crippen molar-refractivity contribution in [2.45, 2.75) is 12.5 Å². The van der Waals surface area contributed by atoms with E-state index in [4.69, 9.17) is 9.47 Å². The molecule has 4 heteroatoms. The smallest absolute Gasteiger partial charge is 0.142 e. The van der Waals surface area contributed by atoms with Gasteiger partial charge in [0.25, 0.3) is 0 Å². The van der Waals surface area contributed by atoms with E-state index in [-0.39, 0.29) is 0 Å². The number of methoxy groups -OCH3 is 1. The average molecular weight is 324 g/mol. The first kappa shape index (κ1) is 15.3. The number of nitrogens with zero attached hydrogens (tertiary/aromatic N) is 2. The Balaban J connectivity index is 1.40. The number of ether oxygens (including phenoxy) is 2. The fourth-order valence-corrected chi connectivity index (χ4v) is 3.77. The molecule has 2 heterocycles. The minimum atomic E-state index is 0.486. The van der Waals surface area contributed by atoms with Crippen molar-refractivity contribution in [3.05, 3.63) is 54.1 Å². The first-order valence-corrected chi connectivity index (χ1v) is 8.68. The summed E-state index contributed by atoms with van der Waals surface area (Å²) in [7, 11) is 1.74. The quantitative estimate of drug-likeness (QED) is 0.867. The maximum Gasteiger partial charge on any atom is 0.142 e. The van der Waals surface area contributed by atoms with Crippen LogP contribution in [0.1, 0.15) is 5.56 Å². The van der Waals surface area contributed by atoms with Crippen molar-refractivity contribution >= 4 is 5.69 Å². The predicted octanol–water partition coefficient (Wildman–Crippen LogP) is 2.82. The van der Waals surface area contributed by atoms with Gasteiger partial charge in [-0.3, -0.25) is 4.90 Å². The van der Waals surface area contributed by atoms with Crippen molar-refractivity contribution in [3.8, 4) is 11.5 Å². The van der Waals surface area contributed by atoms with Crippen LogP contribution in [0.5, 0.6) is 11.5 Å². The summed E-state index contributed by atoms with van der Waals surface area (Å²) in [6.07, 6.45) is 1.09. The van der Waals surface area contributed by atoms with Crippen molar-refractivity contribution in [1.29, 1.82) is 0 Å². The van der Waals surface area contributed by atoms with Crippen LogP contribution in [0.25, 0.3) is 0 Å². The lowest BCUT2D eigenvalue weighted by Crippen LogP contribution is -2.53. The van der Waals surface area contributed by atoms with Crippen LogP contribution in [0.4, 0.5) is 5.69 Å². The Morgan fingerprint density at radius 3 is 2.54 bits per heavy atom. The lowest BCUT2D eigenvalue weighted by molar-refractivity contribution is 0.113. The molecule has 1 atom stereocenters. The van der Waals surface area contributed by atoms with Crippen molar-refractivity contribution in [2.24, 2.45) is 0 Å². The third-order valence-electron chi connectivity index (χ3n) is 5.12. The van der Waals surface area contributed by atoms with E-state index in [0.717, 1.165) is 50.7 Å². The number of rotatable bonds is 3. The van der Waals surface area contributed by atoms with E-state index in [0.29, 0.717) is 6.04 Å². The third-order valence-corrected chi connectivity index (χ3v) is 5.12. The predicted molar refractivity (Wildman–Crippen MR) is 96.2 cm³/mol. The Morgan fingerprint density at radius 1 is 0.958 bits per heavy atom. The molecule has 0 bridgehead atoms. The largest absolute Gasteiger partial charge is 0.495 e. The third kappa shape index (κ3) is 2.94.